The van der Waals surface area contributed by atoms with E-state index in [4.69, 9.17) is 9.82 Å². The second-order valence-electron chi connectivity index (χ2n) is 9.47. The monoisotopic (exact) mass is 521 g/mol. The number of aromatic amines is 1. The summed E-state index contributed by atoms with van der Waals surface area (Å²) in [6, 6.07) is 25.0. The van der Waals surface area contributed by atoms with Crippen LogP contribution in [-0.4, -0.2) is 26.8 Å². The van der Waals surface area contributed by atoms with Gasteiger partial charge in [-0.05, 0) is 42.0 Å². The summed E-state index contributed by atoms with van der Waals surface area (Å²) in [7, 11) is 0. The van der Waals surface area contributed by atoms with Gasteiger partial charge in [0.25, 0.3) is 5.91 Å². The minimum atomic E-state index is -0.306. The molecule has 0 spiro atoms. The van der Waals surface area contributed by atoms with E-state index in [1.165, 1.54) is 0 Å². The van der Waals surface area contributed by atoms with Crippen LogP contribution in [0.4, 0.5) is 0 Å². The molecule has 5 rings (SSSR count). The molecule has 3 N–H and O–H groups in total. The number of H-pyrrole nitrogens is 1. The molecular formula is C31H31N5O3. The molecule has 0 radical (unpaired) electrons. The fourth-order valence-electron chi connectivity index (χ4n) is 4.59. The molecule has 8 heteroatoms. The van der Waals surface area contributed by atoms with Crippen molar-refractivity contribution in [3.8, 4) is 0 Å². The minimum Gasteiger partial charge on any atom is -0.342 e. The summed E-state index contributed by atoms with van der Waals surface area (Å²) in [5.74, 6) is 0.399. The van der Waals surface area contributed by atoms with Gasteiger partial charge in [-0.25, -0.2) is 10.5 Å². The van der Waals surface area contributed by atoms with E-state index < -0.39 is 0 Å². The SMILES string of the molecule is O=C(CCCCCC(NC(=O)c1ccncc1)c1nc2c(ccc3ccccc32)[nH]1)NOCc1ccccc1. The summed E-state index contributed by atoms with van der Waals surface area (Å²) in [6.45, 7) is 0.332. The average Bonchev–Trinajstić information content (AvgIpc) is 3.42. The molecule has 5 aromatic rings. The first-order valence-corrected chi connectivity index (χ1v) is 13.2. The second kappa shape index (κ2) is 12.8. The first-order chi connectivity index (χ1) is 19.2. The number of fused-ring (bicyclic) bond motifs is 3. The lowest BCUT2D eigenvalue weighted by Gasteiger charge is -2.17. The van der Waals surface area contributed by atoms with Gasteiger partial charge in [0.15, 0.2) is 0 Å². The van der Waals surface area contributed by atoms with Crippen molar-refractivity contribution >= 4 is 33.6 Å². The zero-order chi connectivity index (χ0) is 26.9. The number of pyridine rings is 1. The summed E-state index contributed by atoms with van der Waals surface area (Å²) in [5.41, 5.74) is 5.87. The number of aromatic nitrogens is 3. The molecule has 0 aliphatic heterocycles. The quantitative estimate of drug-likeness (QED) is 0.142. The third-order valence-electron chi connectivity index (χ3n) is 6.64. The molecular weight excluding hydrogens is 490 g/mol. The van der Waals surface area contributed by atoms with E-state index >= 15 is 0 Å². The summed E-state index contributed by atoms with van der Waals surface area (Å²) in [6.07, 6.45) is 6.63. The van der Waals surface area contributed by atoms with Gasteiger partial charge in [0.2, 0.25) is 5.91 Å². The van der Waals surface area contributed by atoms with Crippen molar-refractivity contribution in [1.82, 2.24) is 25.7 Å². The number of nitrogens with one attached hydrogen (secondary N) is 3. The van der Waals surface area contributed by atoms with Crippen LogP contribution < -0.4 is 10.8 Å². The number of unbranched alkanes of at least 4 members (excludes halogenated alkanes) is 2. The number of nitrogens with zero attached hydrogens (tertiary/aromatic N) is 2. The zero-order valence-electron chi connectivity index (χ0n) is 21.6. The van der Waals surface area contributed by atoms with Gasteiger partial charge in [-0.15, -0.1) is 0 Å². The van der Waals surface area contributed by atoms with E-state index in [0.29, 0.717) is 25.0 Å². The van der Waals surface area contributed by atoms with E-state index in [0.717, 1.165) is 52.5 Å². The standard InChI is InChI=1S/C31H31N5O3/c37-28(36-39-21-22-9-3-1-4-10-22)14-6-2-5-13-27(34-31(38)24-17-19-32-20-18-24)30-33-26-16-15-23-11-7-8-12-25(23)29(26)35-30/h1,3-4,7-12,15-20,27H,2,5-6,13-14,21H2,(H,33,35)(H,34,38)(H,36,37). The molecule has 2 aromatic heterocycles. The van der Waals surface area contributed by atoms with E-state index in [9.17, 15) is 9.59 Å². The molecule has 1 unspecified atom stereocenters. The Bertz CT molecular complexity index is 1540. The second-order valence-corrected chi connectivity index (χ2v) is 9.47. The molecule has 0 saturated heterocycles. The van der Waals surface area contributed by atoms with Gasteiger partial charge in [0.1, 0.15) is 5.82 Å². The molecule has 0 fully saturated rings. The number of amides is 2. The van der Waals surface area contributed by atoms with Crippen LogP contribution >= 0.6 is 0 Å². The molecule has 2 amide bonds. The lowest BCUT2D eigenvalue weighted by Crippen LogP contribution is -2.29. The van der Waals surface area contributed by atoms with Crippen molar-refractivity contribution in [2.75, 3.05) is 0 Å². The highest BCUT2D eigenvalue weighted by molar-refractivity contribution is 6.04. The molecule has 2 heterocycles. The maximum absolute atomic E-state index is 13.0. The Morgan fingerprint density at radius 3 is 2.51 bits per heavy atom. The fraction of sp³-hybridized carbons (Fsp3) is 0.226. The van der Waals surface area contributed by atoms with Crippen LogP contribution in [0.2, 0.25) is 0 Å². The Morgan fingerprint density at radius 1 is 0.872 bits per heavy atom. The Morgan fingerprint density at radius 2 is 1.67 bits per heavy atom. The fourth-order valence-corrected chi connectivity index (χ4v) is 4.59. The molecule has 198 valence electrons. The number of benzene rings is 3. The Labute approximate surface area is 226 Å². The van der Waals surface area contributed by atoms with E-state index in [1.54, 1.807) is 24.5 Å². The maximum atomic E-state index is 13.0. The number of rotatable bonds is 12. The molecule has 0 aliphatic carbocycles. The van der Waals surface area contributed by atoms with Gasteiger partial charge in [0.05, 0.1) is 23.7 Å². The smallest absolute Gasteiger partial charge is 0.251 e. The third kappa shape index (κ3) is 6.86. The molecule has 1 atom stereocenters. The van der Waals surface area contributed by atoms with Crippen molar-refractivity contribution in [2.24, 2.45) is 0 Å². The van der Waals surface area contributed by atoms with Crippen LogP contribution in [0.15, 0.2) is 91.3 Å². The van der Waals surface area contributed by atoms with Gasteiger partial charge in [-0.3, -0.25) is 19.4 Å². The van der Waals surface area contributed by atoms with Crippen molar-refractivity contribution < 1.29 is 14.4 Å². The Hall–Kier alpha value is -4.56. The van der Waals surface area contributed by atoms with Crippen LogP contribution in [0, 0.1) is 0 Å². The van der Waals surface area contributed by atoms with Gasteiger partial charge in [0, 0.05) is 29.8 Å². The predicted octanol–water partition coefficient (Wildman–Crippen LogP) is 5.78. The zero-order valence-corrected chi connectivity index (χ0v) is 21.6. The molecule has 0 bridgehead atoms. The van der Waals surface area contributed by atoms with Crippen molar-refractivity contribution in [2.45, 2.75) is 44.8 Å². The average molecular weight is 522 g/mol. The molecule has 0 aliphatic rings. The Kier molecular flexibility index (Phi) is 8.55. The number of hydroxylamine groups is 1. The number of carbonyl (C=O) groups is 2. The van der Waals surface area contributed by atoms with Crippen LogP contribution in [-0.2, 0) is 16.2 Å². The first kappa shape index (κ1) is 26.1. The van der Waals surface area contributed by atoms with E-state index in [1.807, 2.05) is 48.5 Å². The molecule has 3 aromatic carbocycles. The maximum Gasteiger partial charge on any atom is 0.251 e. The summed E-state index contributed by atoms with van der Waals surface area (Å²) in [4.78, 5) is 42.8. The lowest BCUT2D eigenvalue weighted by molar-refractivity contribution is -0.134. The third-order valence-corrected chi connectivity index (χ3v) is 6.64. The summed E-state index contributed by atoms with van der Waals surface area (Å²) < 4.78 is 0. The van der Waals surface area contributed by atoms with Gasteiger partial charge in [-0.1, -0.05) is 73.5 Å². The van der Waals surface area contributed by atoms with Crippen LogP contribution in [0.3, 0.4) is 0 Å². The van der Waals surface area contributed by atoms with Crippen LogP contribution in [0.5, 0.6) is 0 Å². The number of imidazole rings is 1. The first-order valence-electron chi connectivity index (χ1n) is 13.2. The van der Waals surface area contributed by atoms with Crippen LogP contribution in [0.1, 0.15) is 59.9 Å². The topological polar surface area (TPSA) is 109 Å². The molecule has 8 nitrogen and oxygen atoms in total. The minimum absolute atomic E-state index is 0.141. The van der Waals surface area contributed by atoms with Crippen LogP contribution in [0.25, 0.3) is 21.8 Å². The summed E-state index contributed by atoms with van der Waals surface area (Å²) in [5, 5.41) is 5.33. The van der Waals surface area contributed by atoms with Crippen molar-refractivity contribution in [3.05, 3.63) is 108 Å². The molecule has 0 saturated carbocycles. The van der Waals surface area contributed by atoms with Crippen molar-refractivity contribution in [3.63, 3.8) is 0 Å². The number of hydrogen-bond acceptors (Lipinski definition) is 5. The highest BCUT2D eigenvalue weighted by Gasteiger charge is 2.20. The largest absolute Gasteiger partial charge is 0.342 e. The lowest BCUT2D eigenvalue weighted by atomic mass is 10.1. The van der Waals surface area contributed by atoms with E-state index in [-0.39, 0.29) is 17.9 Å². The summed E-state index contributed by atoms with van der Waals surface area (Å²) >= 11 is 0. The number of hydrogen-bond donors (Lipinski definition) is 3. The number of carbonyl (C=O) groups excluding carboxylic acids is 2. The molecule has 39 heavy (non-hydrogen) atoms. The van der Waals surface area contributed by atoms with Gasteiger partial charge < -0.3 is 10.3 Å². The van der Waals surface area contributed by atoms with E-state index in [2.05, 4.69) is 39.0 Å². The highest BCUT2D eigenvalue weighted by atomic mass is 16.6. The normalized spacial score (nSPS) is 11.9. The Balaban J connectivity index is 1.19. The van der Waals surface area contributed by atoms with Gasteiger partial charge >= 0.3 is 0 Å². The highest BCUT2D eigenvalue weighted by Crippen LogP contribution is 2.27. The van der Waals surface area contributed by atoms with Gasteiger partial charge in [-0.2, -0.15) is 0 Å². The van der Waals surface area contributed by atoms with Crippen molar-refractivity contribution in [1.29, 1.82) is 0 Å². The predicted molar refractivity (Wildman–Crippen MR) is 151 cm³/mol.